The van der Waals surface area contributed by atoms with Gasteiger partial charge in [0.15, 0.2) is 0 Å². The van der Waals surface area contributed by atoms with E-state index in [0.717, 1.165) is 6.42 Å². The molecule has 1 aliphatic carbocycles. The summed E-state index contributed by atoms with van der Waals surface area (Å²) in [6.07, 6.45) is 18.8. The molecule has 0 heterocycles. The maximum atomic E-state index is 3.87. The van der Waals surface area contributed by atoms with Gasteiger partial charge in [-0.3, -0.25) is 0 Å². The Bertz CT molecular complexity index is 267. The van der Waals surface area contributed by atoms with E-state index in [1.54, 1.807) is 11.1 Å². The van der Waals surface area contributed by atoms with Crippen LogP contribution in [0.25, 0.3) is 0 Å². The van der Waals surface area contributed by atoms with Crippen molar-refractivity contribution in [2.24, 2.45) is 5.92 Å². The highest BCUT2D eigenvalue weighted by Crippen LogP contribution is 2.33. The van der Waals surface area contributed by atoms with Crippen molar-refractivity contribution in [2.75, 3.05) is 0 Å². The molecule has 0 heteroatoms. The van der Waals surface area contributed by atoms with E-state index in [-0.39, 0.29) is 0 Å². The van der Waals surface area contributed by atoms with Crippen molar-refractivity contribution in [3.63, 3.8) is 0 Å². The highest BCUT2D eigenvalue weighted by Gasteiger charge is 2.15. The minimum absolute atomic E-state index is 0.635. The number of hydrogen-bond acceptors (Lipinski definition) is 0. The summed E-state index contributed by atoms with van der Waals surface area (Å²) in [4.78, 5) is 0. The van der Waals surface area contributed by atoms with E-state index >= 15 is 0 Å². The zero-order chi connectivity index (χ0) is 13.2. The van der Waals surface area contributed by atoms with Crippen molar-refractivity contribution in [1.82, 2.24) is 0 Å². The van der Waals surface area contributed by atoms with Crippen LogP contribution in [0.15, 0.2) is 36.0 Å². The van der Waals surface area contributed by atoms with Gasteiger partial charge < -0.3 is 0 Å². The van der Waals surface area contributed by atoms with Crippen molar-refractivity contribution in [3.05, 3.63) is 36.0 Å². The average Bonchev–Trinajstić information content (AvgIpc) is 2.73. The van der Waals surface area contributed by atoms with Crippen molar-refractivity contribution < 1.29 is 0 Å². The lowest BCUT2D eigenvalue weighted by Gasteiger charge is -2.08. The largest absolute Gasteiger partial charge is 0.103 e. The third kappa shape index (κ3) is 5.25. The number of hydrogen-bond donors (Lipinski definition) is 0. The fraction of sp³-hybridized carbons (Fsp3) is 0.667. The molecular weight excluding hydrogens is 216 g/mol. The molecule has 0 saturated carbocycles. The first-order valence-corrected chi connectivity index (χ1v) is 7.84. The lowest BCUT2D eigenvalue weighted by molar-refractivity contribution is 0.692. The van der Waals surface area contributed by atoms with E-state index in [2.05, 4.69) is 38.7 Å². The summed E-state index contributed by atoms with van der Waals surface area (Å²) in [6.45, 7) is 8.43. The first kappa shape index (κ1) is 15.3. The molecule has 0 nitrogen and oxygen atoms in total. The molecule has 0 radical (unpaired) electrons. The maximum absolute atomic E-state index is 3.87. The minimum atomic E-state index is 0.635. The quantitative estimate of drug-likeness (QED) is 0.318. The normalized spacial score (nSPS) is 15.7. The zero-order valence-corrected chi connectivity index (χ0v) is 12.4. The van der Waals surface area contributed by atoms with E-state index in [9.17, 15) is 0 Å². The highest BCUT2D eigenvalue weighted by atomic mass is 14.2. The van der Waals surface area contributed by atoms with E-state index < -0.39 is 0 Å². The summed E-state index contributed by atoms with van der Waals surface area (Å²) in [5.74, 6) is 0.635. The Morgan fingerprint density at radius 2 is 1.44 bits per heavy atom. The molecule has 0 aromatic carbocycles. The molecule has 0 amide bonds. The lowest BCUT2D eigenvalue weighted by Crippen LogP contribution is -1.88. The van der Waals surface area contributed by atoms with Crippen LogP contribution in [-0.2, 0) is 0 Å². The lowest BCUT2D eigenvalue weighted by atomic mass is 9.98. The summed E-state index contributed by atoms with van der Waals surface area (Å²) in [6, 6.07) is 0. The van der Waals surface area contributed by atoms with Gasteiger partial charge in [-0.15, -0.1) is 6.58 Å². The molecule has 0 aromatic heterocycles. The summed E-state index contributed by atoms with van der Waals surface area (Å²) in [7, 11) is 0. The summed E-state index contributed by atoms with van der Waals surface area (Å²) in [5.41, 5.74) is 3.29. The third-order valence-electron chi connectivity index (χ3n) is 3.78. The van der Waals surface area contributed by atoms with E-state index in [4.69, 9.17) is 0 Å². The van der Waals surface area contributed by atoms with E-state index in [1.165, 1.54) is 51.4 Å². The molecule has 0 atom stereocenters. The first-order valence-electron chi connectivity index (χ1n) is 7.84. The molecule has 0 saturated heterocycles. The Morgan fingerprint density at radius 3 is 1.83 bits per heavy atom. The predicted octanol–water partition coefficient (Wildman–Crippen LogP) is 6.21. The SMILES string of the molecule is C=CCC1C=C(CCCCC)C(CCCCC)=C1. The van der Waals surface area contributed by atoms with Crippen molar-refractivity contribution in [2.45, 2.75) is 71.6 Å². The molecule has 18 heavy (non-hydrogen) atoms. The number of allylic oxidation sites excluding steroid dienone is 5. The monoisotopic (exact) mass is 246 g/mol. The van der Waals surface area contributed by atoms with Gasteiger partial charge in [-0.25, -0.2) is 0 Å². The molecule has 0 bridgehead atoms. The van der Waals surface area contributed by atoms with Crippen LogP contribution in [0.4, 0.5) is 0 Å². The van der Waals surface area contributed by atoms with Crippen LogP contribution in [0.2, 0.25) is 0 Å². The van der Waals surface area contributed by atoms with Crippen molar-refractivity contribution >= 4 is 0 Å². The Balaban J connectivity index is 2.49. The Morgan fingerprint density at radius 1 is 0.944 bits per heavy atom. The fourth-order valence-corrected chi connectivity index (χ4v) is 2.73. The molecule has 0 N–H and O–H groups in total. The van der Waals surface area contributed by atoms with Gasteiger partial charge in [-0.1, -0.05) is 57.8 Å². The maximum Gasteiger partial charge on any atom is -0.000724 e. The molecule has 102 valence electrons. The molecule has 1 aliphatic rings. The van der Waals surface area contributed by atoms with Gasteiger partial charge >= 0.3 is 0 Å². The molecule has 0 spiro atoms. The third-order valence-corrected chi connectivity index (χ3v) is 3.78. The number of rotatable bonds is 10. The van der Waals surface area contributed by atoms with Gasteiger partial charge in [0.05, 0.1) is 0 Å². The van der Waals surface area contributed by atoms with Gasteiger partial charge in [0, 0.05) is 0 Å². The second kappa shape index (κ2) is 9.19. The first-order chi connectivity index (χ1) is 8.81. The zero-order valence-electron chi connectivity index (χ0n) is 12.4. The topological polar surface area (TPSA) is 0 Å². The predicted molar refractivity (Wildman–Crippen MR) is 82.8 cm³/mol. The van der Waals surface area contributed by atoms with Crippen LogP contribution in [-0.4, -0.2) is 0 Å². The van der Waals surface area contributed by atoms with Crippen molar-refractivity contribution in [3.8, 4) is 0 Å². The summed E-state index contributed by atoms with van der Waals surface area (Å²) >= 11 is 0. The molecule has 0 aromatic rings. The molecule has 0 aliphatic heterocycles. The molecule has 0 fully saturated rings. The summed E-state index contributed by atoms with van der Waals surface area (Å²) < 4.78 is 0. The Labute approximate surface area is 114 Å². The fourth-order valence-electron chi connectivity index (χ4n) is 2.73. The average molecular weight is 246 g/mol. The second-order valence-electron chi connectivity index (χ2n) is 5.49. The highest BCUT2D eigenvalue weighted by molar-refractivity contribution is 5.39. The van der Waals surface area contributed by atoms with E-state index in [1.807, 2.05) is 0 Å². The molecular formula is C18H30. The summed E-state index contributed by atoms with van der Waals surface area (Å²) in [5, 5.41) is 0. The van der Waals surface area contributed by atoms with Crippen LogP contribution in [0, 0.1) is 5.92 Å². The van der Waals surface area contributed by atoms with Crippen LogP contribution < -0.4 is 0 Å². The van der Waals surface area contributed by atoms with Gasteiger partial charge in [0.25, 0.3) is 0 Å². The Kier molecular flexibility index (Phi) is 7.80. The van der Waals surface area contributed by atoms with Gasteiger partial charge in [0.1, 0.15) is 0 Å². The second-order valence-corrected chi connectivity index (χ2v) is 5.49. The minimum Gasteiger partial charge on any atom is -0.103 e. The van der Waals surface area contributed by atoms with Gasteiger partial charge in [0.2, 0.25) is 0 Å². The van der Waals surface area contributed by atoms with E-state index in [0.29, 0.717) is 5.92 Å². The van der Waals surface area contributed by atoms with Crippen LogP contribution in [0.3, 0.4) is 0 Å². The van der Waals surface area contributed by atoms with Crippen LogP contribution >= 0.6 is 0 Å². The van der Waals surface area contributed by atoms with Gasteiger partial charge in [-0.2, -0.15) is 0 Å². The van der Waals surface area contributed by atoms with Crippen LogP contribution in [0.5, 0.6) is 0 Å². The van der Waals surface area contributed by atoms with Crippen molar-refractivity contribution in [1.29, 1.82) is 0 Å². The molecule has 0 unspecified atom stereocenters. The standard InChI is InChI=1S/C18H30/c1-4-7-9-12-17-14-16(11-6-3)15-18(17)13-10-8-5-2/h6,14-16H,3-5,7-13H2,1-2H3. The Hall–Kier alpha value is -0.780. The van der Waals surface area contributed by atoms with Crippen LogP contribution in [0.1, 0.15) is 71.6 Å². The number of unbranched alkanes of at least 4 members (excludes halogenated alkanes) is 4. The molecule has 1 rings (SSSR count). The smallest absolute Gasteiger partial charge is 0.000724 e. The van der Waals surface area contributed by atoms with Gasteiger partial charge in [-0.05, 0) is 49.2 Å².